The van der Waals surface area contributed by atoms with Gasteiger partial charge in [-0.2, -0.15) is 0 Å². The normalized spacial score (nSPS) is 14.7. The molecule has 0 bridgehead atoms. The smallest absolute Gasteiger partial charge is 0.258 e. The molecule has 1 aliphatic heterocycles. The van der Waals surface area contributed by atoms with Gasteiger partial charge in [0, 0.05) is 12.2 Å². The minimum Gasteiger partial charge on any atom is -0.332 e. The molecule has 1 heterocycles. The van der Waals surface area contributed by atoms with E-state index in [0.29, 0.717) is 10.6 Å². The molecule has 0 unspecified atom stereocenters. The number of rotatable bonds is 4. The summed E-state index contributed by atoms with van der Waals surface area (Å²) in [5, 5.41) is 6.34. The number of thiocarbonyl (C=S) groups is 1. The van der Waals surface area contributed by atoms with Crippen molar-refractivity contribution in [2.75, 3.05) is 18.4 Å². The van der Waals surface area contributed by atoms with Crippen molar-refractivity contribution in [3.63, 3.8) is 0 Å². The summed E-state index contributed by atoms with van der Waals surface area (Å²) in [4.78, 5) is 14.7. The lowest BCUT2D eigenvalue weighted by Crippen LogP contribution is -2.34. The van der Waals surface area contributed by atoms with E-state index in [1.807, 2.05) is 12.1 Å². The first-order valence-electron chi connectivity index (χ1n) is 8.80. The maximum Gasteiger partial charge on any atom is 0.258 e. The van der Waals surface area contributed by atoms with Gasteiger partial charge < -0.3 is 5.32 Å². The van der Waals surface area contributed by atoms with Crippen LogP contribution in [0.4, 0.5) is 5.69 Å². The Labute approximate surface area is 164 Å². The van der Waals surface area contributed by atoms with E-state index < -0.39 is 0 Å². The van der Waals surface area contributed by atoms with Gasteiger partial charge in [-0.15, -0.1) is 0 Å². The number of benzene rings is 2. The van der Waals surface area contributed by atoms with Gasteiger partial charge >= 0.3 is 0 Å². The Hall–Kier alpha value is -1.95. The Bertz CT molecular complexity index is 773. The maximum atomic E-state index is 12.2. The fraction of sp³-hybridized carbons (Fsp3) is 0.300. The van der Waals surface area contributed by atoms with E-state index in [9.17, 15) is 4.79 Å². The van der Waals surface area contributed by atoms with Crippen LogP contribution in [0.25, 0.3) is 0 Å². The van der Waals surface area contributed by atoms with Crippen LogP contribution in [0, 0.1) is 0 Å². The van der Waals surface area contributed by atoms with Crippen LogP contribution in [0.1, 0.15) is 35.2 Å². The second-order valence-corrected chi connectivity index (χ2v) is 7.24. The largest absolute Gasteiger partial charge is 0.332 e. The van der Waals surface area contributed by atoms with Crippen LogP contribution in [-0.2, 0) is 6.54 Å². The molecule has 0 radical (unpaired) electrons. The quantitative estimate of drug-likeness (QED) is 0.760. The molecule has 1 fully saturated rings. The monoisotopic (exact) mass is 387 g/mol. The van der Waals surface area contributed by atoms with Crippen molar-refractivity contribution in [3.8, 4) is 0 Å². The number of carbonyl (C=O) groups is 1. The van der Waals surface area contributed by atoms with Gasteiger partial charge in [-0.25, -0.2) is 0 Å². The molecule has 1 saturated heterocycles. The van der Waals surface area contributed by atoms with E-state index in [1.165, 1.54) is 37.9 Å². The SMILES string of the molecule is O=C(NC(=S)Nc1ccc(CN2CCCCC2)cc1)c1ccccc1Cl. The maximum absolute atomic E-state index is 12.2. The second kappa shape index (κ2) is 9.12. The first-order valence-corrected chi connectivity index (χ1v) is 9.58. The number of hydrogen-bond donors (Lipinski definition) is 2. The highest BCUT2D eigenvalue weighted by atomic mass is 35.5. The van der Waals surface area contributed by atoms with Crippen LogP contribution in [-0.4, -0.2) is 29.0 Å². The first-order chi connectivity index (χ1) is 12.6. The molecule has 3 rings (SSSR count). The zero-order valence-electron chi connectivity index (χ0n) is 14.5. The number of likely N-dealkylation sites (tertiary alicyclic amines) is 1. The van der Waals surface area contributed by atoms with Crippen LogP contribution in [0.5, 0.6) is 0 Å². The van der Waals surface area contributed by atoms with E-state index >= 15 is 0 Å². The predicted octanol–water partition coefficient (Wildman–Crippen LogP) is 4.45. The Morgan fingerprint density at radius 3 is 2.42 bits per heavy atom. The Kier molecular flexibility index (Phi) is 6.61. The number of amides is 1. The first kappa shape index (κ1) is 18.8. The standard InChI is InChI=1S/C20H22ClN3OS/c21-18-7-3-2-6-17(18)19(25)23-20(26)22-16-10-8-15(9-11-16)14-24-12-4-1-5-13-24/h2-3,6-11H,1,4-5,12-14H2,(H2,22,23,25,26). The molecule has 0 spiro atoms. The van der Waals surface area contributed by atoms with Crippen LogP contribution in [0.3, 0.4) is 0 Å². The third kappa shape index (κ3) is 5.27. The zero-order valence-corrected chi connectivity index (χ0v) is 16.1. The van der Waals surface area contributed by atoms with Crippen LogP contribution in [0.2, 0.25) is 5.02 Å². The van der Waals surface area contributed by atoms with E-state index in [4.69, 9.17) is 23.8 Å². The third-order valence-corrected chi connectivity index (χ3v) is 4.95. The summed E-state index contributed by atoms with van der Waals surface area (Å²) in [6.07, 6.45) is 3.93. The van der Waals surface area contributed by atoms with Crippen LogP contribution >= 0.6 is 23.8 Å². The van der Waals surface area contributed by atoms with Crippen molar-refractivity contribution in [2.24, 2.45) is 0 Å². The minimum absolute atomic E-state index is 0.249. The topological polar surface area (TPSA) is 44.4 Å². The van der Waals surface area contributed by atoms with Gasteiger partial charge in [0.25, 0.3) is 5.91 Å². The van der Waals surface area contributed by atoms with E-state index in [2.05, 4.69) is 27.7 Å². The Balaban J connectivity index is 1.52. The highest BCUT2D eigenvalue weighted by Gasteiger charge is 2.12. The number of halogens is 1. The van der Waals surface area contributed by atoms with Gasteiger partial charge in [0.05, 0.1) is 10.6 Å². The van der Waals surface area contributed by atoms with Gasteiger partial charge in [0.15, 0.2) is 5.11 Å². The van der Waals surface area contributed by atoms with Gasteiger partial charge in [0.1, 0.15) is 0 Å². The zero-order chi connectivity index (χ0) is 18.4. The summed E-state index contributed by atoms with van der Waals surface area (Å²) in [6.45, 7) is 3.34. The molecular weight excluding hydrogens is 366 g/mol. The third-order valence-electron chi connectivity index (χ3n) is 4.41. The summed E-state index contributed by atoms with van der Waals surface area (Å²) >= 11 is 11.3. The number of carbonyl (C=O) groups excluding carboxylic acids is 1. The van der Waals surface area contributed by atoms with Crippen molar-refractivity contribution in [2.45, 2.75) is 25.8 Å². The average molecular weight is 388 g/mol. The van der Waals surface area contributed by atoms with Crippen molar-refractivity contribution < 1.29 is 4.79 Å². The molecule has 6 heteroatoms. The van der Waals surface area contributed by atoms with Gasteiger partial charge in [-0.1, -0.05) is 42.3 Å². The van der Waals surface area contributed by atoms with Crippen molar-refractivity contribution in [3.05, 3.63) is 64.7 Å². The fourth-order valence-electron chi connectivity index (χ4n) is 3.05. The van der Waals surface area contributed by atoms with Crippen LogP contribution in [0.15, 0.2) is 48.5 Å². The molecule has 136 valence electrons. The highest BCUT2D eigenvalue weighted by molar-refractivity contribution is 7.80. The van der Waals surface area contributed by atoms with E-state index in [-0.39, 0.29) is 11.0 Å². The summed E-state index contributed by atoms with van der Waals surface area (Å²) in [5.41, 5.74) is 2.52. The Morgan fingerprint density at radius 2 is 1.73 bits per heavy atom. The number of piperidine rings is 1. The molecule has 26 heavy (non-hydrogen) atoms. The molecule has 1 amide bonds. The summed E-state index contributed by atoms with van der Waals surface area (Å²) < 4.78 is 0. The summed E-state index contributed by atoms with van der Waals surface area (Å²) in [6, 6.07) is 15.0. The fourth-order valence-corrected chi connectivity index (χ4v) is 3.48. The molecule has 0 aromatic heterocycles. The molecule has 2 aromatic carbocycles. The Morgan fingerprint density at radius 1 is 1.04 bits per heavy atom. The molecule has 0 aliphatic carbocycles. The molecule has 4 nitrogen and oxygen atoms in total. The van der Waals surface area contributed by atoms with Gasteiger partial charge in [-0.05, 0) is 68.0 Å². The van der Waals surface area contributed by atoms with Crippen LogP contribution < -0.4 is 10.6 Å². The number of nitrogens with zero attached hydrogens (tertiary/aromatic N) is 1. The number of anilines is 1. The average Bonchev–Trinajstić information content (AvgIpc) is 2.64. The molecule has 2 N–H and O–H groups in total. The minimum atomic E-state index is -0.324. The van der Waals surface area contributed by atoms with Gasteiger partial charge in [-0.3, -0.25) is 15.0 Å². The summed E-state index contributed by atoms with van der Waals surface area (Å²) in [5.74, 6) is -0.324. The van der Waals surface area contributed by atoms with Crippen molar-refractivity contribution >= 4 is 40.5 Å². The van der Waals surface area contributed by atoms with Crippen molar-refractivity contribution in [1.82, 2.24) is 10.2 Å². The lowest BCUT2D eigenvalue weighted by Gasteiger charge is -2.26. The number of hydrogen-bond acceptors (Lipinski definition) is 3. The van der Waals surface area contributed by atoms with Crippen molar-refractivity contribution in [1.29, 1.82) is 0 Å². The van der Waals surface area contributed by atoms with E-state index in [0.717, 1.165) is 12.2 Å². The summed E-state index contributed by atoms with van der Waals surface area (Å²) in [7, 11) is 0. The number of nitrogens with one attached hydrogen (secondary N) is 2. The van der Waals surface area contributed by atoms with E-state index in [1.54, 1.807) is 24.3 Å². The molecular formula is C20H22ClN3OS. The second-order valence-electron chi connectivity index (χ2n) is 6.42. The molecule has 2 aromatic rings. The molecule has 0 saturated carbocycles. The lowest BCUT2D eigenvalue weighted by molar-refractivity contribution is 0.0978. The highest BCUT2D eigenvalue weighted by Crippen LogP contribution is 2.16. The molecule has 0 atom stereocenters. The van der Waals surface area contributed by atoms with Gasteiger partial charge in [0.2, 0.25) is 0 Å². The lowest BCUT2D eigenvalue weighted by atomic mass is 10.1. The molecule has 1 aliphatic rings. The predicted molar refractivity (Wildman–Crippen MR) is 111 cm³/mol.